The third-order valence-corrected chi connectivity index (χ3v) is 6.34. The molecule has 2 saturated heterocycles. The minimum atomic E-state index is -0.434. The Morgan fingerprint density at radius 3 is 2.19 bits per heavy atom. The number of benzene rings is 2. The van der Waals surface area contributed by atoms with Crippen LogP contribution in [0.1, 0.15) is 24.0 Å². The maximum atomic E-state index is 12.8. The molecular weight excluding hydrogens is 414 g/mol. The second kappa shape index (κ2) is 9.52. The molecule has 0 spiro atoms. The van der Waals surface area contributed by atoms with Crippen molar-refractivity contribution in [1.82, 2.24) is 14.7 Å². The molecule has 6 nitrogen and oxygen atoms in total. The summed E-state index contributed by atoms with van der Waals surface area (Å²) >= 11 is 5.90. The number of amides is 3. The summed E-state index contributed by atoms with van der Waals surface area (Å²) in [5.74, 6) is -0.777. The molecule has 2 fully saturated rings. The lowest BCUT2D eigenvalue weighted by atomic mass is 10.0. The van der Waals surface area contributed by atoms with Crippen molar-refractivity contribution in [2.75, 3.05) is 26.2 Å². The van der Waals surface area contributed by atoms with Gasteiger partial charge >= 0.3 is 11.8 Å². The molecule has 0 aromatic heterocycles. The lowest BCUT2D eigenvalue weighted by Gasteiger charge is -2.42. The first-order chi connectivity index (χ1) is 15.0. The lowest BCUT2D eigenvalue weighted by Crippen LogP contribution is -2.59. The van der Waals surface area contributed by atoms with Gasteiger partial charge < -0.3 is 14.7 Å². The van der Waals surface area contributed by atoms with Gasteiger partial charge in [0.2, 0.25) is 5.91 Å². The molecule has 3 amide bonds. The van der Waals surface area contributed by atoms with Crippen molar-refractivity contribution in [1.29, 1.82) is 0 Å². The minimum absolute atomic E-state index is 0.00917. The number of hydrogen-bond donors (Lipinski definition) is 0. The van der Waals surface area contributed by atoms with Crippen LogP contribution in [0.3, 0.4) is 0 Å². The number of rotatable bonds is 5. The molecule has 0 unspecified atom stereocenters. The number of halogens is 1. The van der Waals surface area contributed by atoms with E-state index in [9.17, 15) is 14.4 Å². The van der Waals surface area contributed by atoms with Crippen molar-refractivity contribution in [2.45, 2.75) is 31.8 Å². The van der Waals surface area contributed by atoms with Gasteiger partial charge in [0.1, 0.15) is 0 Å². The van der Waals surface area contributed by atoms with Crippen molar-refractivity contribution < 1.29 is 14.4 Å². The Hall–Kier alpha value is -2.86. The summed E-state index contributed by atoms with van der Waals surface area (Å²) in [5.41, 5.74) is 1.96. The van der Waals surface area contributed by atoms with E-state index >= 15 is 0 Å². The summed E-state index contributed by atoms with van der Waals surface area (Å²) in [6, 6.07) is 17.0. The Kier molecular flexibility index (Phi) is 6.56. The van der Waals surface area contributed by atoms with E-state index in [4.69, 9.17) is 11.6 Å². The number of likely N-dealkylation sites (tertiary alicyclic amines) is 1. The van der Waals surface area contributed by atoms with Crippen LogP contribution < -0.4 is 0 Å². The molecule has 2 aliphatic rings. The summed E-state index contributed by atoms with van der Waals surface area (Å²) in [6.45, 7) is 2.73. The van der Waals surface area contributed by atoms with Crippen LogP contribution in [0.4, 0.5) is 0 Å². The number of nitrogens with zero attached hydrogens (tertiary/aromatic N) is 3. The highest BCUT2D eigenvalue weighted by Gasteiger charge is 2.37. The summed E-state index contributed by atoms with van der Waals surface area (Å²) in [5, 5.41) is 0.653. The third kappa shape index (κ3) is 5.07. The molecule has 7 heteroatoms. The van der Waals surface area contributed by atoms with Gasteiger partial charge in [-0.3, -0.25) is 14.4 Å². The fourth-order valence-electron chi connectivity index (χ4n) is 4.31. The third-order valence-electron chi connectivity index (χ3n) is 6.08. The number of carbonyl (C=O) groups excluding carboxylic acids is 3. The molecule has 0 saturated carbocycles. The van der Waals surface area contributed by atoms with E-state index in [0.29, 0.717) is 57.0 Å². The number of carbonyl (C=O) groups is 3. The summed E-state index contributed by atoms with van der Waals surface area (Å²) in [4.78, 5) is 43.2. The second-order valence-corrected chi connectivity index (χ2v) is 8.56. The molecule has 4 rings (SSSR count). The first-order valence-corrected chi connectivity index (χ1v) is 11.0. The molecule has 2 heterocycles. The first kappa shape index (κ1) is 21.4. The van der Waals surface area contributed by atoms with Crippen LogP contribution in [0.15, 0.2) is 54.6 Å². The van der Waals surface area contributed by atoms with Crippen molar-refractivity contribution in [3.05, 3.63) is 70.7 Å². The normalized spacial score (nSPS) is 17.9. The van der Waals surface area contributed by atoms with E-state index in [2.05, 4.69) is 0 Å². The molecule has 0 N–H and O–H groups in total. The highest BCUT2D eigenvalue weighted by Crippen LogP contribution is 2.21. The van der Waals surface area contributed by atoms with E-state index < -0.39 is 11.8 Å². The monoisotopic (exact) mass is 439 g/mol. The molecule has 2 aromatic rings. The van der Waals surface area contributed by atoms with Gasteiger partial charge in [-0.2, -0.15) is 0 Å². The fourth-order valence-corrected chi connectivity index (χ4v) is 4.43. The average molecular weight is 440 g/mol. The topological polar surface area (TPSA) is 60.9 Å². The Morgan fingerprint density at radius 2 is 1.52 bits per heavy atom. The van der Waals surface area contributed by atoms with Gasteiger partial charge in [0.25, 0.3) is 0 Å². The molecular formula is C24H26ClN3O3. The predicted molar refractivity (Wildman–Crippen MR) is 118 cm³/mol. The Labute approximate surface area is 187 Å². The standard InChI is InChI=1S/C24H26ClN3O3/c25-20-8-6-18(7-9-20)16-22(29)26-12-10-21(11-13-26)28-15-14-27(23(30)24(28)31)17-19-4-2-1-3-5-19/h1-9,21H,10-17H2. The minimum Gasteiger partial charge on any atom is -0.342 e. The van der Waals surface area contributed by atoms with Gasteiger partial charge in [-0.15, -0.1) is 0 Å². The van der Waals surface area contributed by atoms with Crippen LogP contribution in [-0.2, 0) is 27.3 Å². The highest BCUT2D eigenvalue weighted by molar-refractivity contribution is 6.35. The van der Waals surface area contributed by atoms with E-state index in [1.165, 1.54) is 0 Å². The zero-order valence-corrected chi connectivity index (χ0v) is 18.1. The number of hydrogen-bond acceptors (Lipinski definition) is 3. The van der Waals surface area contributed by atoms with Gasteiger partial charge in [-0.25, -0.2) is 0 Å². The van der Waals surface area contributed by atoms with E-state index in [1.54, 1.807) is 21.9 Å². The fraction of sp³-hybridized carbons (Fsp3) is 0.375. The van der Waals surface area contributed by atoms with Crippen molar-refractivity contribution in [3.8, 4) is 0 Å². The number of piperidine rings is 1. The zero-order valence-electron chi connectivity index (χ0n) is 17.4. The number of piperazine rings is 1. The van der Waals surface area contributed by atoms with Crippen molar-refractivity contribution in [2.24, 2.45) is 0 Å². The van der Waals surface area contributed by atoms with Gasteiger partial charge in [-0.1, -0.05) is 54.1 Å². The maximum Gasteiger partial charge on any atom is 0.312 e. The van der Waals surface area contributed by atoms with Crippen LogP contribution in [-0.4, -0.2) is 64.6 Å². The SMILES string of the molecule is O=C(Cc1ccc(Cl)cc1)N1CCC(N2CCN(Cc3ccccc3)C(=O)C2=O)CC1. The van der Waals surface area contributed by atoms with Crippen LogP contribution in [0.25, 0.3) is 0 Å². The van der Waals surface area contributed by atoms with Crippen molar-refractivity contribution >= 4 is 29.3 Å². The molecule has 162 valence electrons. The Bertz CT molecular complexity index is 940. The smallest absolute Gasteiger partial charge is 0.312 e. The molecule has 0 radical (unpaired) electrons. The second-order valence-electron chi connectivity index (χ2n) is 8.13. The van der Waals surface area contributed by atoms with Crippen LogP contribution in [0, 0.1) is 0 Å². The van der Waals surface area contributed by atoms with E-state index in [0.717, 1.165) is 11.1 Å². The molecule has 2 aliphatic heterocycles. The Balaban J connectivity index is 1.29. The zero-order chi connectivity index (χ0) is 21.8. The quantitative estimate of drug-likeness (QED) is 0.673. The van der Waals surface area contributed by atoms with Crippen molar-refractivity contribution in [3.63, 3.8) is 0 Å². The van der Waals surface area contributed by atoms with E-state index in [1.807, 2.05) is 47.4 Å². The summed E-state index contributed by atoms with van der Waals surface area (Å²) < 4.78 is 0. The largest absolute Gasteiger partial charge is 0.342 e. The van der Waals surface area contributed by atoms with Gasteiger partial charge in [0.15, 0.2) is 0 Å². The van der Waals surface area contributed by atoms with Crippen LogP contribution in [0.5, 0.6) is 0 Å². The molecule has 0 bridgehead atoms. The van der Waals surface area contributed by atoms with Crippen LogP contribution in [0.2, 0.25) is 5.02 Å². The van der Waals surface area contributed by atoms with Gasteiger partial charge in [0, 0.05) is 43.8 Å². The average Bonchev–Trinajstić information content (AvgIpc) is 2.79. The summed E-state index contributed by atoms with van der Waals surface area (Å²) in [6.07, 6.45) is 1.74. The molecule has 2 aromatic carbocycles. The van der Waals surface area contributed by atoms with Crippen LogP contribution >= 0.6 is 11.6 Å². The predicted octanol–water partition coefficient (Wildman–Crippen LogP) is 2.74. The van der Waals surface area contributed by atoms with Gasteiger partial charge in [0.05, 0.1) is 6.42 Å². The molecule has 0 aliphatic carbocycles. The Morgan fingerprint density at radius 1 is 0.839 bits per heavy atom. The highest BCUT2D eigenvalue weighted by atomic mass is 35.5. The first-order valence-electron chi connectivity index (χ1n) is 10.7. The lowest BCUT2D eigenvalue weighted by molar-refractivity contribution is -0.159. The molecule has 31 heavy (non-hydrogen) atoms. The molecule has 0 atom stereocenters. The summed E-state index contributed by atoms with van der Waals surface area (Å²) in [7, 11) is 0. The van der Waals surface area contributed by atoms with Gasteiger partial charge in [-0.05, 0) is 36.1 Å². The maximum absolute atomic E-state index is 12.8. The van der Waals surface area contributed by atoms with E-state index in [-0.39, 0.29) is 11.9 Å².